The summed E-state index contributed by atoms with van der Waals surface area (Å²) >= 11 is 0. The third-order valence-electron chi connectivity index (χ3n) is 5.58. The molecule has 2 rings (SSSR count). The molecule has 0 aromatic heterocycles. The minimum atomic E-state index is 0.320. The fourth-order valence-electron chi connectivity index (χ4n) is 3.75. The van der Waals surface area contributed by atoms with Crippen LogP contribution in [0.15, 0.2) is 12.2 Å². The summed E-state index contributed by atoms with van der Waals surface area (Å²) in [6.45, 7) is 9.25. The van der Waals surface area contributed by atoms with Crippen LogP contribution in [0.25, 0.3) is 0 Å². The van der Waals surface area contributed by atoms with Gasteiger partial charge < -0.3 is 10.2 Å². The maximum absolute atomic E-state index is 9.34. The molecule has 4 nitrogen and oxygen atoms in total. The Morgan fingerprint density at radius 2 is 1.18 bits per heavy atom. The van der Waals surface area contributed by atoms with Crippen LogP contribution in [-0.4, -0.2) is 71.5 Å². The quantitative estimate of drug-likeness (QED) is 0.734. The molecule has 4 atom stereocenters. The Bertz CT molecular complexity index is 316. The van der Waals surface area contributed by atoms with E-state index >= 15 is 0 Å². The molecular weight excluding hydrogens is 276 g/mol. The Morgan fingerprint density at radius 3 is 1.55 bits per heavy atom. The van der Waals surface area contributed by atoms with Gasteiger partial charge in [0.05, 0.1) is 0 Å². The molecule has 22 heavy (non-hydrogen) atoms. The van der Waals surface area contributed by atoms with Crippen LogP contribution in [0.3, 0.4) is 0 Å². The molecule has 4 unspecified atom stereocenters. The van der Waals surface area contributed by atoms with Gasteiger partial charge >= 0.3 is 0 Å². The highest BCUT2D eigenvalue weighted by atomic mass is 16.3. The molecule has 2 aliphatic heterocycles. The predicted molar refractivity (Wildman–Crippen MR) is 90.8 cm³/mol. The Balaban J connectivity index is 1.74. The summed E-state index contributed by atoms with van der Waals surface area (Å²) in [5, 5.41) is 18.7. The summed E-state index contributed by atoms with van der Waals surface area (Å²) in [4.78, 5) is 4.97. The summed E-state index contributed by atoms with van der Waals surface area (Å²) < 4.78 is 0. The predicted octanol–water partition coefficient (Wildman–Crippen LogP) is 1.73. The lowest BCUT2D eigenvalue weighted by Gasteiger charge is -2.37. The molecular formula is C18H34N2O2. The number of aliphatic hydroxyl groups excluding tert-OH is 2. The van der Waals surface area contributed by atoms with E-state index < -0.39 is 0 Å². The molecule has 2 N–H and O–H groups in total. The molecule has 0 bridgehead atoms. The van der Waals surface area contributed by atoms with E-state index in [1.165, 1.54) is 12.8 Å². The minimum Gasteiger partial charge on any atom is -0.396 e. The summed E-state index contributed by atoms with van der Waals surface area (Å²) in [6.07, 6.45) is 9.27. The Morgan fingerprint density at radius 1 is 0.773 bits per heavy atom. The second-order valence-electron chi connectivity index (χ2n) is 7.33. The maximum atomic E-state index is 9.34. The van der Waals surface area contributed by atoms with E-state index in [9.17, 15) is 10.2 Å². The Labute approximate surface area is 135 Å². The van der Waals surface area contributed by atoms with Crippen LogP contribution in [0.4, 0.5) is 0 Å². The molecule has 128 valence electrons. The van der Waals surface area contributed by atoms with Gasteiger partial charge in [0.15, 0.2) is 0 Å². The van der Waals surface area contributed by atoms with E-state index in [0.717, 1.165) is 39.0 Å². The van der Waals surface area contributed by atoms with Gasteiger partial charge in [-0.3, -0.25) is 9.80 Å². The molecule has 0 radical (unpaired) electrons. The van der Waals surface area contributed by atoms with E-state index in [4.69, 9.17) is 0 Å². The van der Waals surface area contributed by atoms with Crippen molar-refractivity contribution in [2.45, 2.75) is 51.6 Å². The lowest BCUT2D eigenvalue weighted by molar-refractivity contribution is 0.0895. The fourth-order valence-corrected chi connectivity index (χ4v) is 3.75. The number of likely N-dealkylation sites (tertiary alicyclic amines) is 2. The number of nitrogens with zero attached hydrogens (tertiary/aromatic N) is 2. The van der Waals surface area contributed by atoms with Crippen molar-refractivity contribution in [1.29, 1.82) is 0 Å². The zero-order valence-corrected chi connectivity index (χ0v) is 14.3. The molecule has 0 aromatic rings. The van der Waals surface area contributed by atoms with Crippen molar-refractivity contribution in [1.82, 2.24) is 9.80 Å². The van der Waals surface area contributed by atoms with Crippen molar-refractivity contribution in [3.8, 4) is 0 Å². The third kappa shape index (κ3) is 5.05. The topological polar surface area (TPSA) is 46.9 Å². The van der Waals surface area contributed by atoms with Gasteiger partial charge in [0.2, 0.25) is 0 Å². The van der Waals surface area contributed by atoms with Crippen LogP contribution in [-0.2, 0) is 0 Å². The van der Waals surface area contributed by atoms with E-state index in [1.807, 2.05) is 0 Å². The minimum absolute atomic E-state index is 0.320. The first-order chi connectivity index (χ1) is 10.6. The number of piperidine rings is 2. The van der Waals surface area contributed by atoms with Crippen molar-refractivity contribution >= 4 is 0 Å². The zero-order valence-electron chi connectivity index (χ0n) is 14.3. The van der Waals surface area contributed by atoms with Gasteiger partial charge in [0, 0.05) is 51.5 Å². The monoisotopic (exact) mass is 310 g/mol. The van der Waals surface area contributed by atoms with Gasteiger partial charge in [0.1, 0.15) is 0 Å². The van der Waals surface area contributed by atoms with Gasteiger partial charge in [-0.25, -0.2) is 0 Å². The van der Waals surface area contributed by atoms with E-state index in [2.05, 4.69) is 35.8 Å². The highest BCUT2D eigenvalue weighted by molar-refractivity contribution is 4.92. The van der Waals surface area contributed by atoms with Crippen molar-refractivity contribution in [2.75, 3.05) is 39.4 Å². The van der Waals surface area contributed by atoms with Gasteiger partial charge in [-0.2, -0.15) is 0 Å². The van der Waals surface area contributed by atoms with Crippen molar-refractivity contribution in [3.63, 3.8) is 0 Å². The molecule has 0 spiro atoms. The number of aliphatic hydroxyl groups is 2. The maximum Gasteiger partial charge on any atom is 0.0471 e. The fraction of sp³-hybridized carbons (Fsp3) is 0.889. The molecule has 0 amide bonds. The normalized spacial score (nSPS) is 35.3. The van der Waals surface area contributed by atoms with Crippen LogP contribution in [0.5, 0.6) is 0 Å². The summed E-state index contributed by atoms with van der Waals surface area (Å²) in [6, 6.07) is 1.25. The SMILES string of the molecule is CC1CCC(CO)CN1CC=CCN1CC(CO)CCC1C. The zero-order chi connectivity index (χ0) is 15.9. The average Bonchev–Trinajstić information content (AvgIpc) is 2.54. The third-order valence-corrected chi connectivity index (χ3v) is 5.58. The Hall–Kier alpha value is -0.420. The lowest BCUT2D eigenvalue weighted by atomic mass is 9.94. The van der Waals surface area contributed by atoms with Crippen LogP contribution in [0, 0.1) is 11.8 Å². The molecule has 0 aromatic carbocycles. The van der Waals surface area contributed by atoms with Crippen molar-refractivity contribution in [3.05, 3.63) is 12.2 Å². The molecule has 2 aliphatic rings. The van der Waals surface area contributed by atoms with Crippen LogP contribution in [0.2, 0.25) is 0 Å². The van der Waals surface area contributed by atoms with Gasteiger partial charge in [0.25, 0.3) is 0 Å². The van der Waals surface area contributed by atoms with E-state index in [1.54, 1.807) is 0 Å². The first kappa shape index (κ1) is 17.9. The lowest BCUT2D eigenvalue weighted by Crippen LogP contribution is -2.43. The largest absolute Gasteiger partial charge is 0.396 e. The first-order valence-corrected chi connectivity index (χ1v) is 8.98. The van der Waals surface area contributed by atoms with Gasteiger partial charge in [-0.1, -0.05) is 12.2 Å². The van der Waals surface area contributed by atoms with Crippen molar-refractivity contribution in [2.24, 2.45) is 11.8 Å². The van der Waals surface area contributed by atoms with E-state index in [-0.39, 0.29) is 0 Å². The molecule has 4 heteroatoms. The molecule has 2 fully saturated rings. The summed E-state index contributed by atoms with van der Waals surface area (Å²) in [5.74, 6) is 0.911. The van der Waals surface area contributed by atoms with Gasteiger partial charge in [-0.15, -0.1) is 0 Å². The van der Waals surface area contributed by atoms with Crippen LogP contribution in [0.1, 0.15) is 39.5 Å². The first-order valence-electron chi connectivity index (χ1n) is 8.98. The smallest absolute Gasteiger partial charge is 0.0471 e. The summed E-state index contributed by atoms with van der Waals surface area (Å²) in [5.41, 5.74) is 0. The number of hydrogen-bond donors (Lipinski definition) is 2. The summed E-state index contributed by atoms with van der Waals surface area (Å²) in [7, 11) is 0. The molecule has 2 heterocycles. The Kier molecular flexibility index (Phi) is 7.35. The standard InChI is InChI=1S/C18H34N2O2/c1-15-5-7-17(13-21)11-19(15)9-3-4-10-20-12-18(14-22)8-6-16(20)2/h3-4,15-18,21-22H,5-14H2,1-2H3. The van der Waals surface area contributed by atoms with E-state index in [0.29, 0.717) is 37.1 Å². The number of rotatable bonds is 6. The highest BCUT2D eigenvalue weighted by Gasteiger charge is 2.25. The molecule has 2 saturated heterocycles. The highest BCUT2D eigenvalue weighted by Crippen LogP contribution is 2.22. The number of hydrogen-bond acceptors (Lipinski definition) is 4. The van der Waals surface area contributed by atoms with Crippen molar-refractivity contribution < 1.29 is 10.2 Å². The second kappa shape index (κ2) is 9.02. The average molecular weight is 310 g/mol. The molecule has 0 saturated carbocycles. The molecule has 0 aliphatic carbocycles. The van der Waals surface area contributed by atoms with Crippen LogP contribution >= 0.6 is 0 Å². The second-order valence-corrected chi connectivity index (χ2v) is 7.33. The van der Waals surface area contributed by atoms with Crippen LogP contribution < -0.4 is 0 Å². The van der Waals surface area contributed by atoms with Gasteiger partial charge in [-0.05, 0) is 51.4 Å².